The Morgan fingerprint density at radius 1 is 1.69 bits per heavy atom. The lowest BCUT2D eigenvalue weighted by Gasteiger charge is -2.06. The van der Waals surface area contributed by atoms with Gasteiger partial charge in [-0.2, -0.15) is 0 Å². The maximum Gasteiger partial charge on any atom is 0.129 e. The lowest BCUT2D eigenvalue weighted by atomic mass is 10.1. The van der Waals surface area contributed by atoms with Crippen molar-refractivity contribution in [2.45, 2.75) is 25.9 Å². The molecule has 0 unspecified atom stereocenters. The van der Waals surface area contributed by atoms with Gasteiger partial charge in [0.05, 0.1) is 18.0 Å². The largest absolute Gasteiger partial charge is 0.397 e. The second-order valence-electron chi connectivity index (χ2n) is 3.09. The van der Waals surface area contributed by atoms with Crippen molar-refractivity contribution >= 4 is 17.3 Å². The molecule has 0 radical (unpaired) electrons. The average Bonchev–Trinajstić information content (AvgIpc) is 2.06. The molecule has 1 aromatic heterocycles. The monoisotopic (exact) mass is 200 g/mol. The second kappa shape index (κ2) is 4.44. The number of aliphatic hydroxyl groups excluding tert-OH is 1. The van der Waals surface area contributed by atoms with Crippen molar-refractivity contribution in [1.82, 2.24) is 4.98 Å². The fourth-order valence-electron chi connectivity index (χ4n) is 1.06. The Bertz CT molecular complexity index is 289. The highest BCUT2D eigenvalue weighted by molar-refractivity contribution is 6.29. The summed E-state index contributed by atoms with van der Waals surface area (Å²) < 4.78 is 0. The molecule has 0 aliphatic heterocycles. The van der Waals surface area contributed by atoms with E-state index in [4.69, 9.17) is 22.4 Å². The van der Waals surface area contributed by atoms with Crippen LogP contribution in [0.3, 0.4) is 0 Å². The second-order valence-corrected chi connectivity index (χ2v) is 3.48. The van der Waals surface area contributed by atoms with Crippen LogP contribution in [0.15, 0.2) is 12.3 Å². The number of aliphatic hydroxyl groups is 1. The number of nitrogens with zero attached hydrogens (tertiary/aromatic N) is 1. The minimum Gasteiger partial charge on any atom is -0.397 e. The van der Waals surface area contributed by atoms with Crippen LogP contribution in [0.5, 0.6) is 0 Å². The lowest BCUT2D eigenvalue weighted by molar-refractivity contribution is 0.185. The standard InChI is InChI=1S/C9H13ClN2O/c1-6(13)2-3-7-4-9(10)12-5-8(7)11/h4-6,13H,2-3,11H2,1H3/t6-/m1/s1. The molecule has 13 heavy (non-hydrogen) atoms. The molecule has 0 aromatic carbocycles. The number of nitrogen functional groups attached to an aromatic ring is 1. The average molecular weight is 201 g/mol. The van der Waals surface area contributed by atoms with Crippen LogP contribution in [0, 0.1) is 0 Å². The number of anilines is 1. The Morgan fingerprint density at radius 2 is 2.38 bits per heavy atom. The third-order valence-electron chi connectivity index (χ3n) is 1.82. The highest BCUT2D eigenvalue weighted by Crippen LogP contribution is 2.17. The minimum absolute atomic E-state index is 0.314. The maximum absolute atomic E-state index is 9.08. The molecular weight excluding hydrogens is 188 g/mol. The first-order valence-corrected chi connectivity index (χ1v) is 4.55. The molecule has 1 aromatic rings. The van der Waals surface area contributed by atoms with Crippen LogP contribution in [-0.2, 0) is 6.42 Å². The molecule has 3 N–H and O–H groups in total. The van der Waals surface area contributed by atoms with Gasteiger partial charge in [0.15, 0.2) is 0 Å². The van der Waals surface area contributed by atoms with Gasteiger partial charge in [0.25, 0.3) is 0 Å². The van der Waals surface area contributed by atoms with E-state index in [-0.39, 0.29) is 6.10 Å². The SMILES string of the molecule is C[C@@H](O)CCc1cc(Cl)ncc1N. The van der Waals surface area contributed by atoms with Gasteiger partial charge in [0.1, 0.15) is 5.15 Å². The van der Waals surface area contributed by atoms with Gasteiger partial charge < -0.3 is 10.8 Å². The van der Waals surface area contributed by atoms with Gasteiger partial charge in [-0.3, -0.25) is 0 Å². The molecule has 3 nitrogen and oxygen atoms in total. The number of hydrogen-bond donors (Lipinski definition) is 2. The number of nitrogens with two attached hydrogens (primary N) is 1. The Morgan fingerprint density at radius 3 is 3.00 bits per heavy atom. The normalized spacial score (nSPS) is 12.8. The molecule has 72 valence electrons. The van der Waals surface area contributed by atoms with Crippen LogP contribution in [0.4, 0.5) is 5.69 Å². The molecule has 0 amide bonds. The molecule has 1 atom stereocenters. The molecule has 0 spiro atoms. The zero-order valence-corrected chi connectivity index (χ0v) is 8.25. The minimum atomic E-state index is -0.314. The van der Waals surface area contributed by atoms with Crippen LogP contribution in [0.25, 0.3) is 0 Å². The summed E-state index contributed by atoms with van der Waals surface area (Å²) in [6, 6.07) is 1.74. The van der Waals surface area contributed by atoms with Crippen molar-refractivity contribution in [3.63, 3.8) is 0 Å². The maximum atomic E-state index is 9.08. The van der Waals surface area contributed by atoms with Crippen LogP contribution in [0.2, 0.25) is 5.15 Å². The van der Waals surface area contributed by atoms with Gasteiger partial charge in [-0.1, -0.05) is 11.6 Å². The van der Waals surface area contributed by atoms with E-state index in [1.165, 1.54) is 0 Å². The van der Waals surface area contributed by atoms with E-state index in [0.717, 1.165) is 12.0 Å². The molecule has 0 bridgehead atoms. The number of aryl methyl sites for hydroxylation is 1. The molecule has 0 fully saturated rings. The summed E-state index contributed by atoms with van der Waals surface area (Å²) in [5, 5.41) is 9.52. The third kappa shape index (κ3) is 3.20. The summed E-state index contributed by atoms with van der Waals surface area (Å²) in [4.78, 5) is 3.84. The Balaban J connectivity index is 2.70. The van der Waals surface area contributed by atoms with E-state index in [9.17, 15) is 0 Å². The first-order valence-electron chi connectivity index (χ1n) is 4.17. The Hall–Kier alpha value is -0.800. The first-order chi connectivity index (χ1) is 6.09. The molecule has 0 saturated heterocycles. The van der Waals surface area contributed by atoms with Crippen molar-refractivity contribution in [2.75, 3.05) is 5.73 Å². The van der Waals surface area contributed by atoms with Gasteiger partial charge in [0.2, 0.25) is 0 Å². The van der Waals surface area contributed by atoms with E-state index >= 15 is 0 Å². The van der Waals surface area contributed by atoms with Crippen molar-refractivity contribution in [2.24, 2.45) is 0 Å². The molecule has 0 aliphatic rings. The third-order valence-corrected chi connectivity index (χ3v) is 2.03. The number of hydrogen-bond acceptors (Lipinski definition) is 3. The molecule has 1 heterocycles. The summed E-state index contributed by atoms with van der Waals surface area (Å²) in [5.74, 6) is 0. The number of rotatable bonds is 3. The van der Waals surface area contributed by atoms with Crippen LogP contribution >= 0.6 is 11.6 Å². The Labute approximate surface area is 82.5 Å². The van der Waals surface area contributed by atoms with E-state index < -0.39 is 0 Å². The number of aromatic nitrogens is 1. The molecule has 4 heteroatoms. The number of halogens is 1. The molecule has 0 aliphatic carbocycles. The summed E-state index contributed by atoms with van der Waals surface area (Å²) >= 11 is 5.70. The van der Waals surface area contributed by atoms with Crippen molar-refractivity contribution in [3.05, 3.63) is 23.0 Å². The Kier molecular flexibility index (Phi) is 3.51. The molecule has 1 rings (SSSR count). The topological polar surface area (TPSA) is 59.1 Å². The quantitative estimate of drug-likeness (QED) is 0.730. The summed E-state index contributed by atoms with van der Waals surface area (Å²) in [5.41, 5.74) is 7.25. The summed E-state index contributed by atoms with van der Waals surface area (Å²) in [6.07, 6.45) is 2.64. The summed E-state index contributed by atoms with van der Waals surface area (Å²) in [7, 11) is 0. The van der Waals surface area contributed by atoms with E-state index in [1.54, 1.807) is 19.2 Å². The van der Waals surface area contributed by atoms with Crippen LogP contribution < -0.4 is 5.73 Å². The van der Waals surface area contributed by atoms with Crippen LogP contribution in [-0.4, -0.2) is 16.2 Å². The van der Waals surface area contributed by atoms with Gasteiger partial charge in [0, 0.05) is 0 Å². The smallest absolute Gasteiger partial charge is 0.129 e. The zero-order chi connectivity index (χ0) is 9.84. The first kappa shape index (κ1) is 10.3. The number of pyridine rings is 1. The van der Waals surface area contributed by atoms with Gasteiger partial charge in [-0.15, -0.1) is 0 Å². The van der Waals surface area contributed by atoms with Gasteiger partial charge in [-0.25, -0.2) is 4.98 Å². The lowest BCUT2D eigenvalue weighted by Crippen LogP contribution is -2.03. The van der Waals surface area contributed by atoms with Crippen molar-refractivity contribution < 1.29 is 5.11 Å². The van der Waals surface area contributed by atoms with E-state index in [0.29, 0.717) is 17.3 Å². The fourth-order valence-corrected chi connectivity index (χ4v) is 1.24. The van der Waals surface area contributed by atoms with Crippen molar-refractivity contribution in [3.8, 4) is 0 Å². The van der Waals surface area contributed by atoms with Gasteiger partial charge in [-0.05, 0) is 31.4 Å². The van der Waals surface area contributed by atoms with E-state index in [1.807, 2.05) is 0 Å². The summed E-state index contributed by atoms with van der Waals surface area (Å²) in [6.45, 7) is 1.75. The molecule has 0 saturated carbocycles. The van der Waals surface area contributed by atoms with E-state index in [2.05, 4.69) is 4.98 Å². The highest BCUT2D eigenvalue weighted by atomic mass is 35.5. The predicted molar refractivity (Wildman–Crippen MR) is 53.7 cm³/mol. The molecular formula is C9H13ClN2O. The fraction of sp³-hybridized carbons (Fsp3) is 0.444. The van der Waals surface area contributed by atoms with Crippen molar-refractivity contribution in [1.29, 1.82) is 0 Å². The predicted octanol–water partition coefficient (Wildman–Crippen LogP) is 1.63. The zero-order valence-electron chi connectivity index (χ0n) is 7.50. The van der Waals surface area contributed by atoms with Crippen LogP contribution in [0.1, 0.15) is 18.9 Å². The van der Waals surface area contributed by atoms with Gasteiger partial charge >= 0.3 is 0 Å². The highest BCUT2D eigenvalue weighted by Gasteiger charge is 2.03.